The third kappa shape index (κ3) is 6.02. The second kappa shape index (κ2) is 11.3. The SMILES string of the molecule is CCC1CC2NCC(CN3CCN(c4ccc(C(=O)NCCOC)nc4)CC3)CC2NC1=O. The van der Waals surface area contributed by atoms with Crippen LogP contribution in [0.15, 0.2) is 18.3 Å². The van der Waals surface area contributed by atoms with Crippen LogP contribution >= 0.6 is 0 Å². The van der Waals surface area contributed by atoms with E-state index in [4.69, 9.17) is 4.74 Å². The molecule has 4 unspecified atom stereocenters. The lowest BCUT2D eigenvalue weighted by molar-refractivity contribution is -0.129. The molecule has 0 bridgehead atoms. The largest absolute Gasteiger partial charge is 0.383 e. The maximum Gasteiger partial charge on any atom is 0.269 e. The summed E-state index contributed by atoms with van der Waals surface area (Å²) in [5.74, 6) is 0.791. The molecule has 9 heteroatoms. The summed E-state index contributed by atoms with van der Waals surface area (Å²) in [6, 6.07) is 4.47. The lowest BCUT2D eigenvalue weighted by atomic mass is 9.80. The average Bonchev–Trinajstić information content (AvgIpc) is 2.84. The van der Waals surface area contributed by atoms with Gasteiger partial charge in [-0.3, -0.25) is 14.5 Å². The van der Waals surface area contributed by atoms with Crippen molar-refractivity contribution in [1.82, 2.24) is 25.8 Å². The average molecular weight is 459 g/mol. The second-order valence-electron chi connectivity index (χ2n) is 9.51. The first kappa shape index (κ1) is 23.9. The lowest BCUT2D eigenvalue weighted by Gasteiger charge is -2.44. The summed E-state index contributed by atoms with van der Waals surface area (Å²) >= 11 is 0. The third-order valence-corrected chi connectivity index (χ3v) is 7.30. The minimum absolute atomic E-state index is 0.164. The summed E-state index contributed by atoms with van der Waals surface area (Å²) < 4.78 is 4.95. The maximum atomic E-state index is 12.3. The van der Waals surface area contributed by atoms with E-state index in [9.17, 15) is 9.59 Å². The summed E-state index contributed by atoms with van der Waals surface area (Å²) in [4.78, 5) is 33.6. The van der Waals surface area contributed by atoms with Crippen molar-refractivity contribution in [3.05, 3.63) is 24.0 Å². The van der Waals surface area contributed by atoms with Gasteiger partial charge in [-0.15, -0.1) is 0 Å². The van der Waals surface area contributed by atoms with Gasteiger partial charge in [0, 0.05) is 64.4 Å². The van der Waals surface area contributed by atoms with E-state index in [0.717, 1.165) is 64.2 Å². The number of rotatable bonds is 8. The smallest absolute Gasteiger partial charge is 0.269 e. The molecule has 3 N–H and O–H groups in total. The van der Waals surface area contributed by atoms with Crippen molar-refractivity contribution in [2.75, 3.05) is 64.4 Å². The van der Waals surface area contributed by atoms with Gasteiger partial charge in [-0.2, -0.15) is 0 Å². The zero-order chi connectivity index (χ0) is 23.2. The van der Waals surface area contributed by atoms with Gasteiger partial charge in [-0.1, -0.05) is 6.92 Å². The second-order valence-corrected chi connectivity index (χ2v) is 9.51. The number of carbonyl (C=O) groups is 2. The Morgan fingerprint density at radius 3 is 2.73 bits per heavy atom. The Morgan fingerprint density at radius 1 is 1.21 bits per heavy atom. The molecular formula is C24H38N6O3. The number of piperidine rings is 2. The Morgan fingerprint density at radius 2 is 2.03 bits per heavy atom. The molecule has 0 aromatic carbocycles. The normalized spacial score (nSPS) is 28.2. The first-order valence-corrected chi connectivity index (χ1v) is 12.3. The Bertz CT molecular complexity index is 796. The summed E-state index contributed by atoms with van der Waals surface area (Å²) in [6.07, 6.45) is 4.75. The number of hydrogen-bond acceptors (Lipinski definition) is 7. The number of fused-ring (bicyclic) bond motifs is 1. The van der Waals surface area contributed by atoms with E-state index >= 15 is 0 Å². The van der Waals surface area contributed by atoms with Gasteiger partial charge in [-0.25, -0.2) is 4.98 Å². The molecule has 3 aliphatic rings. The van der Waals surface area contributed by atoms with Crippen LogP contribution in [0.1, 0.15) is 36.7 Å². The molecule has 0 saturated carbocycles. The fraction of sp³-hybridized carbons (Fsp3) is 0.708. The van der Waals surface area contributed by atoms with Crippen LogP contribution < -0.4 is 20.9 Å². The topological polar surface area (TPSA) is 98.8 Å². The summed E-state index contributed by atoms with van der Waals surface area (Å²) in [7, 11) is 1.61. The summed E-state index contributed by atoms with van der Waals surface area (Å²) in [5, 5.41) is 9.78. The number of aromatic nitrogens is 1. The van der Waals surface area contributed by atoms with Crippen LogP contribution in [0.25, 0.3) is 0 Å². The Balaban J connectivity index is 1.21. The number of amides is 2. The number of carbonyl (C=O) groups excluding carboxylic acids is 2. The van der Waals surface area contributed by atoms with Gasteiger partial charge in [0.25, 0.3) is 5.91 Å². The number of pyridine rings is 1. The highest BCUT2D eigenvalue weighted by molar-refractivity contribution is 5.92. The van der Waals surface area contributed by atoms with E-state index in [1.807, 2.05) is 6.07 Å². The highest BCUT2D eigenvalue weighted by atomic mass is 16.5. The number of anilines is 1. The highest BCUT2D eigenvalue weighted by Gasteiger charge is 2.39. The number of nitrogens with one attached hydrogen (secondary N) is 3. The molecule has 4 atom stereocenters. The molecule has 1 aromatic rings. The quantitative estimate of drug-likeness (QED) is 0.487. The number of ether oxygens (including phenoxy) is 1. The zero-order valence-electron chi connectivity index (χ0n) is 19.9. The predicted molar refractivity (Wildman–Crippen MR) is 127 cm³/mol. The monoisotopic (exact) mass is 458 g/mol. The van der Waals surface area contributed by atoms with Crippen molar-refractivity contribution in [1.29, 1.82) is 0 Å². The van der Waals surface area contributed by atoms with Crippen LogP contribution in [0.3, 0.4) is 0 Å². The maximum absolute atomic E-state index is 12.3. The van der Waals surface area contributed by atoms with Crippen molar-refractivity contribution >= 4 is 17.5 Å². The van der Waals surface area contributed by atoms with Crippen LogP contribution in [0, 0.1) is 11.8 Å². The van der Waals surface area contributed by atoms with E-state index in [1.165, 1.54) is 0 Å². The molecule has 4 heterocycles. The molecule has 182 valence electrons. The van der Waals surface area contributed by atoms with Gasteiger partial charge in [0.05, 0.1) is 18.5 Å². The first-order valence-electron chi connectivity index (χ1n) is 12.3. The van der Waals surface area contributed by atoms with Crippen molar-refractivity contribution in [2.24, 2.45) is 11.8 Å². The molecule has 3 aliphatic heterocycles. The molecule has 3 fully saturated rings. The van der Waals surface area contributed by atoms with E-state index in [2.05, 4.69) is 37.7 Å². The summed E-state index contributed by atoms with van der Waals surface area (Å²) in [5.41, 5.74) is 1.48. The Labute approximate surface area is 196 Å². The van der Waals surface area contributed by atoms with Crippen molar-refractivity contribution in [3.8, 4) is 0 Å². The first-order chi connectivity index (χ1) is 16.1. The van der Waals surface area contributed by atoms with Gasteiger partial charge in [0.2, 0.25) is 5.91 Å². The molecule has 2 amide bonds. The van der Waals surface area contributed by atoms with Crippen molar-refractivity contribution in [2.45, 2.75) is 38.3 Å². The molecule has 0 radical (unpaired) electrons. The predicted octanol–water partition coefficient (Wildman–Crippen LogP) is 0.473. The van der Waals surface area contributed by atoms with Crippen molar-refractivity contribution < 1.29 is 14.3 Å². The number of piperazine rings is 1. The lowest BCUT2D eigenvalue weighted by Crippen LogP contribution is -2.62. The molecule has 0 spiro atoms. The molecule has 0 aliphatic carbocycles. The van der Waals surface area contributed by atoms with Crippen LogP contribution in [-0.4, -0.2) is 93.3 Å². The Hall–Kier alpha value is -2.23. The van der Waals surface area contributed by atoms with Gasteiger partial charge in [0.15, 0.2) is 0 Å². The molecular weight excluding hydrogens is 420 g/mol. The van der Waals surface area contributed by atoms with Crippen molar-refractivity contribution in [3.63, 3.8) is 0 Å². The third-order valence-electron chi connectivity index (χ3n) is 7.30. The van der Waals surface area contributed by atoms with Gasteiger partial charge in [0.1, 0.15) is 5.69 Å². The van der Waals surface area contributed by atoms with E-state index in [1.54, 1.807) is 19.4 Å². The minimum atomic E-state index is -0.175. The van der Waals surface area contributed by atoms with E-state index in [0.29, 0.717) is 30.8 Å². The van der Waals surface area contributed by atoms with Crippen LogP contribution in [0.4, 0.5) is 5.69 Å². The Kier molecular flexibility index (Phi) is 8.16. The number of methoxy groups -OCH3 is 1. The zero-order valence-corrected chi connectivity index (χ0v) is 19.9. The van der Waals surface area contributed by atoms with Gasteiger partial charge >= 0.3 is 0 Å². The summed E-state index contributed by atoms with van der Waals surface area (Å²) in [6.45, 7) is 9.07. The molecule has 4 rings (SSSR count). The number of hydrogen-bond donors (Lipinski definition) is 3. The highest BCUT2D eigenvalue weighted by Crippen LogP contribution is 2.27. The molecule has 9 nitrogen and oxygen atoms in total. The van der Waals surface area contributed by atoms with Crippen LogP contribution in [0.5, 0.6) is 0 Å². The van der Waals surface area contributed by atoms with Gasteiger partial charge < -0.3 is 25.6 Å². The molecule has 33 heavy (non-hydrogen) atoms. The number of nitrogens with zero attached hydrogens (tertiary/aromatic N) is 3. The standard InChI is InChI=1S/C24H38N6O3/c1-3-18-13-21-22(28-23(18)31)12-17(14-26-21)16-29-7-9-30(10-8-29)19-4-5-20(27-15-19)24(32)25-6-11-33-2/h4-5,15,17-18,21-22,26H,3,6-14,16H2,1-2H3,(H,25,32)(H,28,31). The van der Waals surface area contributed by atoms with Crippen LogP contribution in [0.2, 0.25) is 0 Å². The molecule has 1 aromatic heterocycles. The van der Waals surface area contributed by atoms with Gasteiger partial charge in [-0.05, 0) is 43.9 Å². The van der Waals surface area contributed by atoms with Crippen LogP contribution in [-0.2, 0) is 9.53 Å². The fourth-order valence-electron chi connectivity index (χ4n) is 5.30. The molecule has 3 saturated heterocycles. The van der Waals surface area contributed by atoms with E-state index in [-0.39, 0.29) is 23.8 Å². The fourth-order valence-corrected chi connectivity index (χ4v) is 5.30. The van der Waals surface area contributed by atoms with E-state index < -0.39 is 0 Å². The minimum Gasteiger partial charge on any atom is -0.383 e.